The van der Waals surface area contributed by atoms with Crippen LogP contribution >= 0.6 is 0 Å². The highest BCUT2D eigenvalue weighted by Gasteiger charge is 2.23. The molecule has 0 aromatic carbocycles. The third kappa shape index (κ3) is 7.20. The summed E-state index contributed by atoms with van der Waals surface area (Å²) in [6, 6.07) is 0. The van der Waals surface area contributed by atoms with Gasteiger partial charge in [0.2, 0.25) is 0 Å². The molecule has 0 unspecified atom stereocenters. The molecule has 0 aromatic rings. The maximum Gasteiger partial charge on any atom is 0.0107 e. The van der Waals surface area contributed by atoms with Crippen molar-refractivity contribution in [3.8, 4) is 0 Å². The Bertz CT molecular complexity index is 167. The van der Waals surface area contributed by atoms with Crippen LogP contribution in [0.15, 0.2) is 0 Å². The molecule has 1 rings (SSSR count). The smallest absolute Gasteiger partial charge is 0.0107 e. The van der Waals surface area contributed by atoms with Crippen LogP contribution in [-0.2, 0) is 0 Å². The van der Waals surface area contributed by atoms with E-state index in [0.29, 0.717) is 0 Å². The molecule has 3 nitrogen and oxygen atoms in total. The van der Waals surface area contributed by atoms with Crippen molar-refractivity contribution < 1.29 is 0 Å². The fourth-order valence-electron chi connectivity index (χ4n) is 1.93. The quantitative estimate of drug-likeness (QED) is 0.567. The first-order valence-electron chi connectivity index (χ1n) is 6.80. The Labute approximate surface area is 101 Å². The van der Waals surface area contributed by atoms with Crippen LogP contribution in [0.1, 0.15) is 26.2 Å². The monoisotopic (exact) mass is 227 g/mol. The zero-order valence-electron chi connectivity index (χ0n) is 11.3. The molecule has 16 heavy (non-hydrogen) atoms. The molecule has 0 heterocycles. The van der Waals surface area contributed by atoms with Crippen LogP contribution in [0, 0.1) is 5.92 Å². The van der Waals surface area contributed by atoms with Gasteiger partial charge in [-0.2, -0.15) is 0 Å². The minimum absolute atomic E-state index is 1.02. The molecule has 1 fully saturated rings. The predicted octanol–water partition coefficient (Wildman–Crippen LogP) is 1.26. The molecule has 0 saturated heterocycles. The van der Waals surface area contributed by atoms with Gasteiger partial charge in [-0.15, -0.1) is 0 Å². The SMILES string of the molecule is CCN(CCNCCCN(C)C)CC1CC1. The number of hydrogen-bond donors (Lipinski definition) is 1. The van der Waals surface area contributed by atoms with Gasteiger partial charge in [-0.1, -0.05) is 6.92 Å². The highest BCUT2D eigenvalue weighted by Crippen LogP contribution is 2.29. The van der Waals surface area contributed by atoms with Crippen molar-refractivity contribution in [3.63, 3.8) is 0 Å². The molecule has 1 aliphatic rings. The van der Waals surface area contributed by atoms with E-state index in [1.807, 2.05) is 0 Å². The number of nitrogens with zero attached hydrogens (tertiary/aromatic N) is 2. The number of nitrogens with one attached hydrogen (secondary N) is 1. The van der Waals surface area contributed by atoms with Crippen LogP contribution < -0.4 is 5.32 Å². The molecule has 0 amide bonds. The lowest BCUT2D eigenvalue weighted by molar-refractivity contribution is 0.275. The van der Waals surface area contributed by atoms with Gasteiger partial charge in [0.05, 0.1) is 0 Å². The van der Waals surface area contributed by atoms with Gasteiger partial charge in [0.1, 0.15) is 0 Å². The molecular weight excluding hydrogens is 198 g/mol. The van der Waals surface area contributed by atoms with Crippen molar-refractivity contribution in [1.82, 2.24) is 15.1 Å². The van der Waals surface area contributed by atoms with Crippen LogP contribution in [-0.4, -0.2) is 63.2 Å². The van der Waals surface area contributed by atoms with Gasteiger partial charge in [-0.3, -0.25) is 0 Å². The standard InChI is InChI=1S/C13H29N3/c1-4-16(12-13-6-7-13)11-9-14-8-5-10-15(2)3/h13-14H,4-12H2,1-3H3. The zero-order valence-corrected chi connectivity index (χ0v) is 11.3. The Hall–Kier alpha value is -0.120. The number of hydrogen-bond acceptors (Lipinski definition) is 3. The Kier molecular flexibility index (Phi) is 7.01. The van der Waals surface area contributed by atoms with Crippen molar-refractivity contribution >= 4 is 0 Å². The Morgan fingerprint density at radius 2 is 1.88 bits per heavy atom. The largest absolute Gasteiger partial charge is 0.315 e. The Morgan fingerprint density at radius 1 is 1.12 bits per heavy atom. The first-order valence-corrected chi connectivity index (χ1v) is 6.80. The van der Waals surface area contributed by atoms with Gasteiger partial charge in [0.25, 0.3) is 0 Å². The molecule has 0 aromatic heterocycles. The predicted molar refractivity (Wildman–Crippen MR) is 70.9 cm³/mol. The van der Waals surface area contributed by atoms with Gasteiger partial charge in [-0.25, -0.2) is 0 Å². The van der Waals surface area contributed by atoms with Gasteiger partial charge >= 0.3 is 0 Å². The van der Waals surface area contributed by atoms with Crippen molar-refractivity contribution in [2.45, 2.75) is 26.2 Å². The molecule has 96 valence electrons. The molecule has 1 saturated carbocycles. The van der Waals surface area contributed by atoms with E-state index in [2.05, 4.69) is 36.1 Å². The summed E-state index contributed by atoms with van der Waals surface area (Å²) in [5.41, 5.74) is 0. The van der Waals surface area contributed by atoms with Gasteiger partial charge in [0, 0.05) is 19.6 Å². The lowest BCUT2D eigenvalue weighted by Gasteiger charge is -2.20. The fraction of sp³-hybridized carbons (Fsp3) is 1.00. The van der Waals surface area contributed by atoms with Crippen LogP contribution in [0.25, 0.3) is 0 Å². The average molecular weight is 227 g/mol. The van der Waals surface area contributed by atoms with E-state index in [0.717, 1.165) is 19.0 Å². The first kappa shape index (κ1) is 13.9. The van der Waals surface area contributed by atoms with Crippen molar-refractivity contribution in [1.29, 1.82) is 0 Å². The number of likely N-dealkylation sites (N-methyl/N-ethyl adjacent to an activating group) is 1. The van der Waals surface area contributed by atoms with Gasteiger partial charge < -0.3 is 15.1 Å². The van der Waals surface area contributed by atoms with E-state index < -0.39 is 0 Å². The van der Waals surface area contributed by atoms with Gasteiger partial charge in [0.15, 0.2) is 0 Å². The van der Waals surface area contributed by atoms with E-state index in [1.165, 1.54) is 45.4 Å². The highest BCUT2D eigenvalue weighted by molar-refractivity contribution is 4.77. The second kappa shape index (κ2) is 8.04. The molecule has 0 radical (unpaired) electrons. The van der Waals surface area contributed by atoms with E-state index >= 15 is 0 Å². The highest BCUT2D eigenvalue weighted by atomic mass is 15.1. The third-order valence-electron chi connectivity index (χ3n) is 3.22. The minimum Gasteiger partial charge on any atom is -0.315 e. The molecule has 0 bridgehead atoms. The molecule has 0 aliphatic heterocycles. The van der Waals surface area contributed by atoms with Crippen molar-refractivity contribution in [3.05, 3.63) is 0 Å². The van der Waals surface area contributed by atoms with Crippen LogP contribution in [0.3, 0.4) is 0 Å². The second-order valence-electron chi connectivity index (χ2n) is 5.24. The summed E-state index contributed by atoms with van der Waals surface area (Å²) in [5.74, 6) is 1.02. The molecule has 1 N–H and O–H groups in total. The lowest BCUT2D eigenvalue weighted by Crippen LogP contribution is -2.34. The number of rotatable bonds is 10. The first-order chi connectivity index (χ1) is 7.72. The third-order valence-corrected chi connectivity index (χ3v) is 3.22. The summed E-state index contributed by atoms with van der Waals surface area (Å²) in [5, 5.41) is 3.53. The van der Waals surface area contributed by atoms with E-state index in [-0.39, 0.29) is 0 Å². The average Bonchev–Trinajstić information content (AvgIpc) is 3.04. The Balaban J connectivity index is 1.87. The van der Waals surface area contributed by atoms with E-state index in [4.69, 9.17) is 0 Å². The summed E-state index contributed by atoms with van der Waals surface area (Å²) in [7, 11) is 4.27. The summed E-state index contributed by atoms with van der Waals surface area (Å²) >= 11 is 0. The van der Waals surface area contributed by atoms with Crippen LogP contribution in [0.2, 0.25) is 0 Å². The normalized spacial score (nSPS) is 16.3. The van der Waals surface area contributed by atoms with E-state index in [1.54, 1.807) is 0 Å². The second-order valence-corrected chi connectivity index (χ2v) is 5.24. The molecule has 0 atom stereocenters. The summed E-state index contributed by atoms with van der Waals surface area (Å²) in [6.07, 6.45) is 4.18. The molecule has 0 spiro atoms. The van der Waals surface area contributed by atoms with Crippen LogP contribution in [0.4, 0.5) is 0 Å². The molecule has 1 aliphatic carbocycles. The molecule has 3 heteroatoms. The van der Waals surface area contributed by atoms with Crippen molar-refractivity contribution in [2.24, 2.45) is 5.92 Å². The van der Waals surface area contributed by atoms with Crippen molar-refractivity contribution in [2.75, 3.05) is 53.4 Å². The van der Waals surface area contributed by atoms with Gasteiger partial charge in [-0.05, 0) is 58.9 Å². The minimum atomic E-state index is 1.02. The molecular formula is C13H29N3. The van der Waals surface area contributed by atoms with Crippen LogP contribution in [0.5, 0.6) is 0 Å². The topological polar surface area (TPSA) is 18.5 Å². The zero-order chi connectivity index (χ0) is 11.8. The maximum atomic E-state index is 3.53. The summed E-state index contributed by atoms with van der Waals surface area (Å²) in [4.78, 5) is 4.82. The summed E-state index contributed by atoms with van der Waals surface area (Å²) < 4.78 is 0. The summed E-state index contributed by atoms with van der Waals surface area (Å²) in [6.45, 7) is 9.51. The lowest BCUT2D eigenvalue weighted by atomic mass is 10.3. The maximum absolute atomic E-state index is 3.53. The fourth-order valence-corrected chi connectivity index (χ4v) is 1.93. The van der Waals surface area contributed by atoms with E-state index in [9.17, 15) is 0 Å². The Morgan fingerprint density at radius 3 is 2.44 bits per heavy atom.